The van der Waals surface area contributed by atoms with Gasteiger partial charge in [0.15, 0.2) is 6.10 Å². The largest absolute Gasteiger partial charge is 0.480 e. The molecule has 0 aromatic carbocycles. The van der Waals surface area contributed by atoms with Crippen LogP contribution in [0.15, 0.2) is 0 Å². The second-order valence-corrected chi connectivity index (χ2v) is 3.50. The summed E-state index contributed by atoms with van der Waals surface area (Å²) in [7, 11) is 0. The van der Waals surface area contributed by atoms with Crippen LogP contribution in [0.1, 0.15) is 19.3 Å². The number of carbonyl (C=O) groups is 2. The van der Waals surface area contributed by atoms with Crippen LogP contribution in [-0.4, -0.2) is 52.5 Å². The lowest BCUT2D eigenvalue weighted by Crippen LogP contribution is -2.33. The first-order valence-electron chi connectivity index (χ1n) is 5.05. The average Bonchev–Trinajstić information content (AvgIpc) is 2.21. The van der Waals surface area contributed by atoms with Crippen LogP contribution < -0.4 is 11.1 Å². The highest BCUT2D eigenvalue weighted by atomic mass is 16.4. The van der Waals surface area contributed by atoms with E-state index in [1.807, 2.05) is 0 Å². The first kappa shape index (κ1) is 14.8. The molecule has 0 amide bonds. The molecular formula is C9H18N2O5. The third-order valence-electron chi connectivity index (χ3n) is 2.06. The second kappa shape index (κ2) is 8.03. The molecule has 0 aromatic heterocycles. The maximum atomic E-state index is 10.3. The minimum Gasteiger partial charge on any atom is -0.480 e. The Bertz CT molecular complexity index is 210. The number of carboxylic acid groups (broad SMARTS) is 2. The monoisotopic (exact) mass is 234 g/mol. The van der Waals surface area contributed by atoms with Gasteiger partial charge in [-0.2, -0.15) is 0 Å². The summed E-state index contributed by atoms with van der Waals surface area (Å²) >= 11 is 0. The van der Waals surface area contributed by atoms with E-state index in [-0.39, 0.29) is 6.54 Å². The van der Waals surface area contributed by atoms with E-state index in [0.29, 0.717) is 25.8 Å². The Morgan fingerprint density at radius 1 is 1.19 bits per heavy atom. The summed E-state index contributed by atoms with van der Waals surface area (Å²) in [5.74, 6) is -2.28. The van der Waals surface area contributed by atoms with E-state index in [4.69, 9.17) is 21.1 Å². The van der Waals surface area contributed by atoms with Gasteiger partial charge in [0, 0.05) is 6.54 Å². The van der Waals surface area contributed by atoms with Crippen molar-refractivity contribution in [3.05, 3.63) is 0 Å². The molecule has 0 aliphatic rings. The van der Waals surface area contributed by atoms with Crippen LogP contribution in [0.2, 0.25) is 0 Å². The summed E-state index contributed by atoms with van der Waals surface area (Å²) in [6.07, 6.45) is 0.316. The van der Waals surface area contributed by atoms with Gasteiger partial charge in [-0.25, -0.2) is 4.79 Å². The van der Waals surface area contributed by atoms with Gasteiger partial charge in [-0.1, -0.05) is 6.42 Å². The number of nitrogens with one attached hydrogen (secondary N) is 1. The minimum absolute atomic E-state index is 0.0136. The number of unbranched alkanes of at least 4 members (excludes halogenated alkanes) is 1. The summed E-state index contributed by atoms with van der Waals surface area (Å²) < 4.78 is 0. The number of nitrogens with two attached hydrogens (primary N) is 1. The standard InChI is InChI=1S/C9H18N2O5/c10-6(8(13)14)3-1-2-4-11-5-7(12)9(15)16/h6-7,11-12H,1-5,10H2,(H,13,14)(H,15,16)/t6-,7?/m0/s1. The molecule has 16 heavy (non-hydrogen) atoms. The molecule has 0 saturated heterocycles. The molecule has 0 rings (SSSR count). The molecule has 0 heterocycles. The molecule has 0 saturated carbocycles. The van der Waals surface area contributed by atoms with Gasteiger partial charge in [-0.3, -0.25) is 4.79 Å². The summed E-state index contributed by atoms with van der Waals surface area (Å²) in [5.41, 5.74) is 5.28. The smallest absolute Gasteiger partial charge is 0.333 e. The predicted molar refractivity (Wildman–Crippen MR) is 56.0 cm³/mol. The molecule has 94 valence electrons. The number of hydrogen-bond acceptors (Lipinski definition) is 5. The van der Waals surface area contributed by atoms with Crippen molar-refractivity contribution in [1.29, 1.82) is 0 Å². The molecule has 1 unspecified atom stereocenters. The molecule has 0 aliphatic heterocycles. The van der Waals surface area contributed by atoms with Crippen LogP contribution in [0, 0.1) is 0 Å². The van der Waals surface area contributed by atoms with Gasteiger partial charge in [0.1, 0.15) is 6.04 Å². The summed E-state index contributed by atoms with van der Waals surface area (Å²) in [6, 6.07) is -0.843. The highest BCUT2D eigenvalue weighted by Gasteiger charge is 2.12. The van der Waals surface area contributed by atoms with Gasteiger partial charge in [0.05, 0.1) is 0 Å². The summed E-state index contributed by atoms with van der Waals surface area (Å²) in [5, 5.41) is 28.5. The number of aliphatic carboxylic acids is 2. The molecular weight excluding hydrogens is 216 g/mol. The fraction of sp³-hybridized carbons (Fsp3) is 0.778. The Kier molecular flexibility index (Phi) is 7.44. The van der Waals surface area contributed by atoms with Crippen LogP contribution in [0.4, 0.5) is 0 Å². The van der Waals surface area contributed by atoms with Gasteiger partial charge in [-0.15, -0.1) is 0 Å². The van der Waals surface area contributed by atoms with E-state index in [2.05, 4.69) is 5.32 Å². The molecule has 0 fully saturated rings. The van der Waals surface area contributed by atoms with E-state index in [0.717, 1.165) is 0 Å². The zero-order valence-electron chi connectivity index (χ0n) is 8.93. The van der Waals surface area contributed by atoms with Gasteiger partial charge in [0.2, 0.25) is 0 Å². The van der Waals surface area contributed by atoms with E-state index in [1.165, 1.54) is 0 Å². The fourth-order valence-corrected chi connectivity index (χ4v) is 1.06. The average molecular weight is 234 g/mol. The van der Waals surface area contributed by atoms with Crippen molar-refractivity contribution in [1.82, 2.24) is 5.32 Å². The lowest BCUT2D eigenvalue weighted by atomic mass is 10.1. The minimum atomic E-state index is -1.40. The number of carboxylic acids is 2. The van der Waals surface area contributed by atoms with Crippen molar-refractivity contribution in [3.63, 3.8) is 0 Å². The molecule has 0 bridgehead atoms. The number of rotatable bonds is 9. The maximum absolute atomic E-state index is 10.3. The third kappa shape index (κ3) is 7.16. The van der Waals surface area contributed by atoms with E-state index >= 15 is 0 Å². The molecule has 0 aromatic rings. The molecule has 0 aliphatic carbocycles. The van der Waals surface area contributed by atoms with Crippen molar-refractivity contribution in [2.75, 3.05) is 13.1 Å². The molecule has 0 spiro atoms. The van der Waals surface area contributed by atoms with E-state index in [1.54, 1.807) is 0 Å². The zero-order valence-corrected chi connectivity index (χ0v) is 8.93. The highest BCUT2D eigenvalue weighted by Crippen LogP contribution is 1.98. The summed E-state index contributed by atoms with van der Waals surface area (Å²) in [6.45, 7) is 0.511. The SMILES string of the molecule is N[C@@H](CCCCNCC(O)C(=O)O)C(=O)O. The molecule has 7 heteroatoms. The number of aliphatic hydroxyl groups is 1. The second-order valence-electron chi connectivity index (χ2n) is 3.50. The Balaban J connectivity index is 3.34. The van der Waals surface area contributed by atoms with Gasteiger partial charge < -0.3 is 26.4 Å². The predicted octanol–water partition coefficient (Wildman–Crippen LogP) is -1.40. The third-order valence-corrected chi connectivity index (χ3v) is 2.06. The van der Waals surface area contributed by atoms with Gasteiger partial charge in [-0.05, 0) is 19.4 Å². The van der Waals surface area contributed by atoms with Crippen molar-refractivity contribution < 1.29 is 24.9 Å². The van der Waals surface area contributed by atoms with Gasteiger partial charge >= 0.3 is 11.9 Å². The topological polar surface area (TPSA) is 133 Å². The van der Waals surface area contributed by atoms with Crippen LogP contribution in [0.3, 0.4) is 0 Å². The van der Waals surface area contributed by atoms with Crippen molar-refractivity contribution in [3.8, 4) is 0 Å². The Morgan fingerprint density at radius 3 is 2.31 bits per heavy atom. The highest BCUT2D eigenvalue weighted by molar-refractivity contribution is 5.73. The van der Waals surface area contributed by atoms with Gasteiger partial charge in [0.25, 0.3) is 0 Å². The summed E-state index contributed by atoms with van der Waals surface area (Å²) in [4.78, 5) is 20.6. The van der Waals surface area contributed by atoms with Crippen molar-refractivity contribution >= 4 is 11.9 Å². The van der Waals surface area contributed by atoms with Crippen LogP contribution in [0.5, 0.6) is 0 Å². The quantitative estimate of drug-likeness (QED) is 0.310. The lowest BCUT2D eigenvalue weighted by molar-refractivity contribution is -0.146. The Morgan fingerprint density at radius 2 is 1.81 bits per heavy atom. The molecule has 6 N–H and O–H groups in total. The lowest BCUT2D eigenvalue weighted by Gasteiger charge is -2.08. The van der Waals surface area contributed by atoms with Crippen molar-refractivity contribution in [2.24, 2.45) is 5.73 Å². The Labute approximate surface area is 93.3 Å². The Hall–Kier alpha value is -1.18. The molecule has 0 radical (unpaired) electrons. The number of hydrogen-bond donors (Lipinski definition) is 5. The first-order chi connectivity index (χ1) is 7.45. The number of aliphatic hydroxyl groups excluding tert-OH is 1. The maximum Gasteiger partial charge on any atom is 0.333 e. The zero-order chi connectivity index (χ0) is 12.6. The van der Waals surface area contributed by atoms with E-state index < -0.39 is 24.1 Å². The molecule has 7 nitrogen and oxygen atoms in total. The first-order valence-corrected chi connectivity index (χ1v) is 5.05. The molecule has 2 atom stereocenters. The normalized spacial score (nSPS) is 14.4. The van der Waals surface area contributed by atoms with Crippen LogP contribution in [0.25, 0.3) is 0 Å². The fourth-order valence-electron chi connectivity index (χ4n) is 1.06. The van der Waals surface area contributed by atoms with Crippen LogP contribution >= 0.6 is 0 Å². The van der Waals surface area contributed by atoms with E-state index in [9.17, 15) is 9.59 Å². The van der Waals surface area contributed by atoms with Crippen molar-refractivity contribution in [2.45, 2.75) is 31.4 Å². The van der Waals surface area contributed by atoms with Crippen LogP contribution in [-0.2, 0) is 9.59 Å².